The zero-order chi connectivity index (χ0) is 20.3. The maximum Gasteiger partial charge on any atom is 0.264 e. The Hall–Kier alpha value is -3.46. The third kappa shape index (κ3) is 4.44. The Kier molecular flexibility index (Phi) is 5.27. The molecule has 0 atom stereocenters. The molecule has 144 valence electrons. The molecule has 0 saturated heterocycles. The van der Waals surface area contributed by atoms with Gasteiger partial charge in [0.05, 0.1) is 10.5 Å². The summed E-state index contributed by atoms with van der Waals surface area (Å²) in [7, 11) is -3.88. The zero-order valence-electron chi connectivity index (χ0n) is 15.2. The Morgan fingerprint density at radius 2 is 1.57 bits per heavy atom. The molecule has 3 N–H and O–H groups in total. The summed E-state index contributed by atoms with van der Waals surface area (Å²) in [6, 6.07) is 13.5. The molecular formula is C19H18N4O4S. The van der Waals surface area contributed by atoms with Gasteiger partial charge in [0.2, 0.25) is 5.95 Å². The fourth-order valence-corrected chi connectivity index (χ4v) is 3.48. The van der Waals surface area contributed by atoms with Crippen molar-refractivity contribution in [3.05, 3.63) is 71.5 Å². The predicted molar refractivity (Wildman–Crippen MR) is 105 cm³/mol. The van der Waals surface area contributed by atoms with Gasteiger partial charge in [0.1, 0.15) is 5.75 Å². The second kappa shape index (κ2) is 7.65. The van der Waals surface area contributed by atoms with E-state index in [9.17, 15) is 18.3 Å². The molecule has 0 saturated carbocycles. The lowest BCUT2D eigenvalue weighted by Gasteiger charge is -2.10. The molecule has 28 heavy (non-hydrogen) atoms. The van der Waals surface area contributed by atoms with E-state index >= 15 is 0 Å². The molecule has 0 aliphatic rings. The highest BCUT2D eigenvalue weighted by Crippen LogP contribution is 2.20. The van der Waals surface area contributed by atoms with Gasteiger partial charge >= 0.3 is 0 Å². The summed E-state index contributed by atoms with van der Waals surface area (Å²) in [4.78, 5) is 20.3. The second-order valence-electron chi connectivity index (χ2n) is 6.08. The summed E-state index contributed by atoms with van der Waals surface area (Å²) in [5, 5.41) is 12.3. The summed E-state index contributed by atoms with van der Waals surface area (Å²) in [6.07, 6.45) is 0. The van der Waals surface area contributed by atoms with Crippen molar-refractivity contribution in [2.75, 3.05) is 10.0 Å². The van der Waals surface area contributed by atoms with Crippen LogP contribution in [-0.2, 0) is 10.0 Å². The SMILES string of the molecule is Cc1cc(C)nc(NS(=O)(=O)c2ccc(NC(=O)c3ccccc3O)cc2)n1. The van der Waals surface area contributed by atoms with Crippen LogP contribution in [-0.4, -0.2) is 29.4 Å². The zero-order valence-corrected chi connectivity index (χ0v) is 16.0. The summed E-state index contributed by atoms with van der Waals surface area (Å²) < 4.78 is 27.4. The minimum Gasteiger partial charge on any atom is -0.507 e. The van der Waals surface area contributed by atoms with Gasteiger partial charge in [0.25, 0.3) is 15.9 Å². The first-order chi connectivity index (χ1) is 13.2. The van der Waals surface area contributed by atoms with Crippen LogP contribution in [0.5, 0.6) is 5.75 Å². The number of phenols is 1. The molecule has 1 aromatic heterocycles. The number of aromatic hydroxyl groups is 1. The van der Waals surface area contributed by atoms with Gasteiger partial charge in [-0.15, -0.1) is 0 Å². The van der Waals surface area contributed by atoms with E-state index in [0.29, 0.717) is 17.1 Å². The third-order valence-electron chi connectivity index (χ3n) is 3.78. The van der Waals surface area contributed by atoms with E-state index in [4.69, 9.17) is 0 Å². The van der Waals surface area contributed by atoms with E-state index < -0.39 is 15.9 Å². The number of amides is 1. The van der Waals surface area contributed by atoms with Crippen LogP contribution in [0.3, 0.4) is 0 Å². The number of benzene rings is 2. The first kappa shape index (κ1) is 19.3. The number of rotatable bonds is 5. The molecule has 0 aliphatic heterocycles. The second-order valence-corrected chi connectivity index (χ2v) is 7.76. The number of carbonyl (C=O) groups is 1. The molecule has 0 spiro atoms. The molecule has 1 heterocycles. The van der Waals surface area contributed by atoms with E-state index in [-0.39, 0.29) is 22.2 Å². The monoisotopic (exact) mass is 398 g/mol. The summed E-state index contributed by atoms with van der Waals surface area (Å²) in [5.74, 6) is -0.651. The molecule has 0 bridgehead atoms. The number of aryl methyl sites for hydroxylation is 2. The highest BCUT2D eigenvalue weighted by Gasteiger charge is 2.17. The molecule has 2 aromatic carbocycles. The number of carbonyl (C=O) groups excluding carboxylic acids is 1. The Morgan fingerprint density at radius 3 is 2.18 bits per heavy atom. The Labute approximate surface area is 162 Å². The van der Waals surface area contributed by atoms with Crippen LogP contribution in [0.15, 0.2) is 59.5 Å². The quantitative estimate of drug-likeness (QED) is 0.608. The number of para-hydroxylation sites is 1. The molecule has 3 aromatic rings. The molecule has 0 radical (unpaired) electrons. The standard InChI is InChI=1S/C19H18N4O4S/c1-12-11-13(2)21-19(20-12)23-28(26,27)15-9-7-14(8-10-15)22-18(25)16-5-3-4-6-17(16)24/h3-11,24H,1-2H3,(H,22,25)(H,20,21,23). The number of hydrogen-bond donors (Lipinski definition) is 3. The lowest BCUT2D eigenvalue weighted by Crippen LogP contribution is -2.16. The van der Waals surface area contributed by atoms with Crippen molar-refractivity contribution in [1.82, 2.24) is 9.97 Å². The summed E-state index contributed by atoms with van der Waals surface area (Å²) in [6.45, 7) is 3.49. The highest BCUT2D eigenvalue weighted by molar-refractivity contribution is 7.92. The minimum absolute atomic E-state index is 0.00387. The van der Waals surface area contributed by atoms with Gasteiger partial charge in [-0.25, -0.2) is 23.1 Å². The number of aromatic nitrogens is 2. The smallest absolute Gasteiger partial charge is 0.264 e. The lowest BCUT2D eigenvalue weighted by molar-refractivity contribution is 0.102. The van der Waals surface area contributed by atoms with Gasteiger partial charge in [0.15, 0.2) is 0 Å². The Morgan fingerprint density at radius 1 is 0.964 bits per heavy atom. The topological polar surface area (TPSA) is 121 Å². The molecule has 0 fully saturated rings. The van der Waals surface area contributed by atoms with Crippen molar-refractivity contribution in [3.8, 4) is 5.75 Å². The molecule has 1 amide bonds. The fraction of sp³-hybridized carbons (Fsp3) is 0.105. The third-order valence-corrected chi connectivity index (χ3v) is 5.12. The van der Waals surface area contributed by atoms with Crippen molar-refractivity contribution in [3.63, 3.8) is 0 Å². The average molecular weight is 398 g/mol. The summed E-state index contributed by atoms with van der Waals surface area (Å²) in [5.41, 5.74) is 1.79. The Bertz CT molecular complexity index is 1110. The van der Waals surface area contributed by atoms with Crippen molar-refractivity contribution >= 4 is 27.6 Å². The first-order valence-corrected chi connectivity index (χ1v) is 9.77. The van der Waals surface area contributed by atoms with Gasteiger partial charge in [0, 0.05) is 17.1 Å². The number of sulfonamides is 1. The van der Waals surface area contributed by atoms with Crippen molar-refractivity contribution in [2.45, 2.75) is 18.7 Å². The summed E-state index contributed by atoms with van der Waals surface area (Å²) >= 11 is 0. The maximum atomic E-state index is 12.5. The van der Waals surface area contributed by atoms with Crippen LogP contribution in [0.25, 0.3) is 0 Å². The largest absolute Gasteiger partial charge is 0.507 e. The van der Waals surface area contributed by atoms with Gasteiger partial charge in [-0.3, -0.25) is 4.79 Å². The van der Waals surface area contributed by atoms with E-state index in [0.717, 1.165) is 0 Å². The molecule has 0 unspecified atom stereocenters. The van der Waals surface area contributed by atoms with E-state index in [2.05, 4.69) is 20.0 Å². The van der Waals surface area contributed by atoms with Crippen LogP contribution in [0.2, 0.25) is 0 Å². The van der Waals surface area contributed by atoms with E-state index in [1.807, 2.05) is 0 Å². The van der Waals surface area contributed by atoms with Gasteiger partial charge in [-0.1, -0.05) is 12.1 Å². The molecule has 3 rings (SSSR count). The number of nitrogens with one attached hydrogen (secondary N) is 2. The number of hydrogen-bond acceptors (Lipinski definition) is 6. The van der Waals surface area contributed by atoms with Gasteiger partial charge < -0.3 is 10.4 Å². The van der Waals surface area contributed by atoms with Crippen LogP contribution in [0, 0.1) is 13.8 Å². The van der Waals surface area contributed by atoms with Crippen LogP contribution < -0.4 is 10.0 Å². The molecule has 9 heteroatoms. The Balaban J connectivity index is 1.76. The maximum absolute atomic E-state index is 12.5. The van der Waals surface area contributed by atoms with Crippen LogP contribution in [0.1, 0.15) is 21.7 Å². The molecule has 8 nitrogen and oxygen atoms in total. The molecular weight excluding hydrogens is 380 g/mol. The van der Waals surface area contributed by atoms with Crippen molar-refractivity contribution in [2.24, 2.45) is 0 Å². The average Bonchev–Trinajstić information content (AvgIpc) is 2.61. The predicted octanol–water partition coefficient (Wildman–Crippen LogP) is 2.85. The van der Waals surface area contributed by atoms with Crippen molar-refractivity contribution < 1.29 is 18.3 Å². The normalized spacial score (nSPS) is 11.1. The van der Waals surface area contributed by atoms with Gasteiger partial charge in [-0.05, 0) is 56.3 Å². The van der Waals surface area contributed by atoms with Crippen molar-refractivity contribution in [1.29, 1.82) is 0 Å². The van der Waals surface area contributed by atoms with Crippen LogP contribution in [0.4, 0.5) is 11.6 Å². The fourth-order valence-electron chi connectivity index (χ4n) is 2.53. The minimum atomic E-state index is -3.88. The number of phenolic OH excluding ortho intramolecular Hbond substituents is 1. The first-order valence-electron chi connectivity index (χ1n) is 8.29. The van der Waals surface area contributed by atoms with Crippen LogP contribution >= 0.6 is 0 Å². The highest BCUT2D eigenvalue weighted by atomic mass is 32.2. The van der Waals surface area contributed by atoms with E-state index in [1.54, 1.807) is 32.0 Å². The van der Waals surface area contributed by atoms with E-state index in [1.165, 1.54) is 36.4 Å². The number of anilines is 2. The van der Waals surface area contributed by atoms with Gasteiger partial charge in [-0.2, -0.15) is 0 Å². The lowest BCUT2D eigenvalue weighted by atomic mass is 10.2. The molecule has 0 aliphatic carbocycles. The number of nitrogens with zero attached hydrogens (tertiary/aromatic N) is 2.